The summed E-state index contributed by atoms with van der Waals surface area (Å²) in [7, 11) is 1.39. The van der Waals surface area contributed by atoms with E-state index in [1.165, 1.54) is 12.7 Å². The van der Waals surface area contributed by atoms with E-state index in [1.54, 1.807) is 0 Å². The molecule has 0 bridgehead atoms. The predicted molar refractivity (Wildman–Crippen MR) is 91.7 cm³/mol. The molecule has 0 saturated carbocycles. The van der Waals surface area contributed by atoms with Crippen LogP contribution in [0.25, 0.3) is 22.3 Å². The molecule has 0 spiro atoms. The minimum absolute atomic E-state index is 0.0809. The van der Waals surface area contributed by atoms with Gasteiger partial charge in [0, 0.05) is 10.9 Å². The number of para-hydroxylation sites is 1. The van der Waals surface area contributed by atoms with Gasteiger partial charge in [-0.05, 0) is 17.0 Å². The summed E-state index contributed by atoms with van der Waals surface area (Å²) in [4.78, 5) is 12.2. The summed E-state index contributed by atoms with van der Waals surface area (Å²) < 4.78 is 10.9. The molecular weight excluding hydrogens is 288 g/mol. The van der Waals surface area contributed by atoms with Crippen LogP contribution in [0.4, 0.5) is 0 Å². The monoisotopic (exact) mass is 308 g/mol. The second kappa shape index (κ2) is 5.58. The first-order valence-corrected chi connectivity index (χ1v) is 7.62. The van der Waals surface area contributed by atoms with Gasteiger partial charge in [-0.3, -0.25) is 0 Å². The highest BCUT2D eigenvalue weighted by Crippen LogP contribution is 2.35. The fourth-order valence-corrected chi connectivity index (χ4v) is 2.68. The Kier molecular flexibility index (Phi) is 3.72. The molecule has 3 aromatic rings. The second-order valence-electron chi connectivity index (χ2n) is 6.62. The van der Waals surface area contributed by atoms with Crippen molar-refractivity contribution < 1.29 is 13.9 Å². The van der Waals surface area contributed by atoms with E-state index >= 15 is 0 Å². The van der Waals surface area contributed by atoms with E-state index in [2.05, 4.69) is 32.9 Å². The number of hydrogen-bond donors (Lipinski definition) is 0. The average Bonchev–Trinajstić information content (AvgIpc) is 2.93. The van der Waals surface area contributed by atoms with Gasteiger partial charge >= 0.3 is 5.97 Å². The first-order chi connectivity index (χ1) is 10.9. The van der Waals surface area contributed by atoms with Gasteiger partial charge in [0.05, 0.1) is 7.11 Å². The molecule has 0 saturated heterocycles. The first kappa shape index (κ1) is 15.3. The van der Waals surface area contributed by atoms with Crippen molar-refractivity contribution in [3.63, 3.8) is 0 Å². The molecule has 0 atom stereocenters. The molecule has 2 aromatic carbocycles. The lowest BCUT2D eigenvalue weighted by molar-refractivity contribution is 0.0603. The minimum Gasteiger partial charge on any atom is -0.465 e. The van der Waals surface area contributed by atoms with Gasteiger partial charge in [0.25, 0.3) is 0 Å². The lowest BCUT2D eigenvalue weighted by Crippen LogP contribution is -2.10. The molecule has 0 aliphatic carbocycles. The molecule has 3 nitrogen and oxygen atoms in total. The molecule has 3 rings (SSSR count). The van der Waals surface area contributed by atoms with Crippen molar-refractivity contribution in [2.45, 2.75) is 26.2 Å². The maximum absolute atomic E-state index is 12.2. The molecule has 23 heavy (non-hydrogen) atoms. The Morgan fingerprint density at radius 1 is 1.00 bits per heavy atom. The minimum atomic E-state index is -0.384. The van der Waals surface area contributed by atoms with Crippen LogP contribution < -0.4 is 0 Å². The number of benzene rings is 2. The Hall–Kier alpha value is -2.55. The Labute approximate surface area is 135 Å². The van der Waals surface area contributed by atoms with Gasteiger partial charge in [0.15, 0.2) is 0 Å². The lowest BCUT2D eigenvalue weighted by atomic mass is 9.86. The zero-order chi connectivity index (χ0) is 16.6. The molecule has 1 aromatic heterocycles. The van der Waals surface area contributed by atoms with Crippen LogP contribution in [-0.4, -0.2) is 13.1 Å². The van der Waals surface area contributed by atoms with E-state index in [1.807, 2.05) is 36.4 Å². The van der Waals surface area contributed by atoms with Crippen molar-refractivity contribution in [1.82, 2.24) is 0 Å². The van der Waals surface area contributed by atoms with Gasteiger partial charge in [-0.15, -0.1) is 0 Å². The largest absolute Gasteiger partial charge is 0.465 e. The zero-order valence-electron chi connectivity index (χ0n) is 13.8. The summed E-state index contributed by atoms with van der Waals surface area (Å²) >= 11 is 0. The number of rotatable bonds is 2. The van der Waals surface area contributed by atoms with E-state index in [9.17, 15) is 4.79 Å². The number of esters is 1. The summed E-state index contributed by atoms with van der Waals surface area (Å²) in [5.74, 6) is 0.170. The molecule has 0 N–H and O–H groups in total. The summed E-state index contributed by atoms with van der Waals surface area (Å²) in [6, 6.07) is 15.6. The number of furan rings is 1. The highest BCUT2D eigenvalue weighted by Gasteiger charge is 2.23. The van der Waals surface area contributed by atoms with Crippen molar-refractivity contribution >= 4 is 16.9 Å². The fraction of sp³-hybridized carbons (Fsp3) is 0.250. The molecule has 0 fully saturated rings. The van der Waals surface area contributed by atoms with Gasteiger partial charge in [-0.2, -0.15) is 0 Å². The molecule has 1 heterocycles. The summed E-state index contributed by atoms with van der Waals surface area (Å²) in [5, 5.41) is 0.772. The molecule has 0 unspecified atom stereocenters. The number of methoxy groups -OCH3 is 1. The summed E-state index contributed by atoms with van der Waals surface area (Å²) in [6.07, 6.45) is 0. The molecular formula is C20H20O3. The maximum Gasteiger partial charge on any atom is 0.342 e. The van der Waals surface area contributed by atoms with Crippen molar-refractivity contribution in [3.05, 3.63) is 59.7 Å². The van der Waals surface area contributed by atoms with E-state index in [4.69, 9.17) is 9.15 Å². The SMILES string of the molecule is COC(=O)c1c(-c2ccc(C(C)(C)C)cc2)oc2ccccc12. The van der Waals surface area contributed by atoms with Crippen LogP contribution in [0.15, 0.2) is 52.9 Å². The Morgan fingerprint density at radius 2 is 1.65 bits per heavy atom. The molecule has 0 aliphatic rings. The average molecular weight is 308 g/mol. The van der Waals surface area contributed by atoms with Crippen molar-refractivity contribution in [3.8, 4) is 11.3 Å². The number of fused-ring (bicyclic) bond motifs is 1. The van der Waals surface area contributed by atoms with E-state index in [0.717, 1.165) is 10.9 Å². The van der Waals surface area contributed by atoms with Crippen molar-refractivity contribution in [2.75, 3.05) is 7.11 Å². The Balaban J connectivity index is 2.17. The quantitative estimate of drug-likeness (QED) is 0.612. The maximum atomic E-state index is 12.2. The highest BCUT2D eigenvalue weighted by molar-refractivity contribution is 6.08. The first-order valence-electron chi connectivity index (χ1n) is 7.62. The Bertz CT molecular complexity index is 849. The van der Waals surface area contributed by atoms with Crippen molar-refractivity contribution in [1.29, 1.82) is 0 Å². The Morgan fingerprint density at radius 3 is 2.26 bits per heavy atom. The number of carbonyl (C=O) groups is 1. The standard InChI is InChI=1S/C20H20O3/c1-20(2,3)14-11-9-13(10-12-14)18-17(19(21)22-4)15-7-5-6-8-16(15)23-18/h5-12H,1-4H3. The van der Waals surface area contributed by atoms with Gasteiger partial charge in [0.2, 0.25) is 0 Å². The van der Waals surface area contributed by atoms with Gasteiger partial charge in [-0.1, -0.05) is 63.2 Å². The van der Waals surface area contributed by atoms with Gasteiger partial charge < -0.3 is 9.15 Å². The third kappa shape index (κ3) is 2.74. The number of ether oxygens (including phenoxy) is 1. The molecule has 118 valence electrons. The predicted octanol–water partition coefficient (Wildman–Crippen LogP) is 5.18. The zero-order valence-corrected chi connectivity index (χ0v) is 13.8. The molecule has 0 aliphatic heterocycles. The van der Waals surface area contributed by atoms with Crippen LogP contribution >= 0.6 is 0 Å². The normalized spacial score (nSPS) is 11.7. The third-order valence-corrected chi connectivity index (χ3v) is 4.00. The van der Waals surface area contributed by atoms with Crippen LogP contribution in [0.2, 0.25) is 0 Å². The second-order valence-corrected chi connectivity index (χ2v) is 6.62. The number of carbonyl (C=O) groups excluding carboxylic acids is 1. The summed E-state index contributed by atoms with van der Waals surface area (Å²) in [6.45, 7) is 6.51. The van der Waals surface area contributed by atoms with Crippen LogP contribution in [0.5, 0.6) is 0 Å². The summed E-state index contributed by atoms with van der Waals surface area (Å²) in [5.41, 5.74) is 3.35. The van der Waals surface area contributed by atoms with Gasteiger partial charge in [-0.25, -0.2) is 4.79 Å². The van der Waals surface area contributed by atoms with Crippen molar-refractivity contribution in [2.24, 2.45) is 0 Å². The van der Waals surface area contributed by atoms with Gasteiger partial charge in [0.1, 0.15) is 16.9 Å². The van der Waals surface area contributed by atoms with Crippen LogP contribution in [0.3, 0.4) is 0 Å². The molecule has 3 heteroatoms. The molecule has 0 radical (unpaired) electrons. The lowest BCUT2D eigenvalue weighted by Gasteiger charge is -2.19. The smallest absolute Gasteiger partial charge is 0.342 e. The number of hydrogen-bond acceptors (Lipinski definition) is 3. The van der Waals surface area contributed by atoms with E-state index in [-0.39, 0.29) is 11.4 Å². The highest BCUT2D eigenvalue weighted by atomic mass is 16.5. The third-order valence-electron chi connectivity index (χ3n) is 4.00. The topological polar surface area (TPSA) is 39.4 Å². The fourth-order valence-electron chi connectivity index (χ4n) is 2.68. The van der Waals surface area contributed by atoms with Crippen LogP contribution in [0, 0.1) is 0 Å². The molecule has 0 amide bonds. The van der Waals surface area contributed by atoms with Crippen LogP contribution in [0.1, 0.15) is 36.7 Å². The van der Waals surface area contributed by atoms with Crippen LogP contribution in [-0.2, 0) is 10.2 Å². The van der Waals surface area contributed by atoms with E-state index < -0.39 is 0 Å². The van der Waals surface area contributed by atoms with E-state index in [0.29, 0.717) is 16.9 Å².